The van der Waals surface area contributed by atoms with Gasteiger partial charge < -0.3 is 4.74 Å². The van der Waals surface area contributed by atoms with Crippen molar-refractivity contribution in [3.63, 3.8) is 0 Å². The van der Waals surface area contributed by atoms with Gasteiger partial charge in [-0.1, -0.05) is 0 Å². The molecule has 0 radical (unpaired) electrons. The van der Waals surface area contributed by atoms with Gasteiger partial charge in [-0.25, -0.2) is 4.98 Å². The number of aromatic nitrogens is 2. The average molecular weight is 290 g/mol. The topological polar surface area (TPSA) is 58.8 Å². The van der Waals surface area contributed by atoms with Crippen LogP contribution in [0.2, 0.25) is 0 Å². The van der Waals surface area contributed by atoms with Crippen LogP contribution in [-0.4, -0.2) is 9.97 Å². The summed E-state index contributed by atoms with van der Waals surface area (Å²) in [6, 6.07) is 7.13. The quantitative estimate of drug-likeness (QED) is 0.852. The van der Waals surface area contributed by atoms with Gasteiger partial charge in [0, 0.05) is 22.4 Å². The maximum Gasteiger partial charge on any atom is 0.220 e. The van der Waals surface area contributed by atoms with Crippen LogP contribution in [0.1, 0.15) is 11.3 Å². The van der Waals surface area contributed by atoms with Crippen molar-refractivity contribution in [2.45, 2.75) is 6.92 Å². The molecule has 0 aliphatic carbocycles. The number of halogens is 1. The number of nitrogens with zero attached hydrogens (tertiary/aromatic N) is 3. The second-order valence-electron chi connectivity index (χ2n) is 3.39. The first-order valence-electron chi connectivity index (χ1n) is 4.84. The fourth-order valence-electron chi connectivity index (χ4n) is 1.32. The van der Waals surface area contributed by atoms with Gasteiger partial charge in [0.15, 0.2) is 0 Å². The van der Waals surface area contributed by atoms with Crippen molar-refractivity contribution >= 4 is 15.9 Å². The zero-order chi connectivity index (χ0) is 12.3. The van der Waals surface area contributed by atoms with Crippen LogP contribution in [0.15, 0.2) is 35.1 Å². The van der Waals surface area contributed by atoms with Crippen molar-refractivity contribution in [3.8, 4) is 17.7 Å². The SMILES string of the molecule is Cc1cc(C#N)cc(Oc2cncc(Br)c2)n1. The lowest BCUT2D eigenvalue weighted by atomic mass is 10.2. The first-order chi connectivity index (χ1) is 8.17. The molecule has 0 saturated heterocycles. The van der Waals surface area contributed by atoms with Crippen LogP contribution in [0.4, 0.5) is 0 Å². The van der Waals surface area contributed by atoms with E-state index in [1.807, 2.05) is 6.92 Å². The Morgan fingerprint density at radius 2 is 2.12 bits per heavy atom. The number of hydrogen-bond acceptors (Lipinski definition) is 4. The van der Waals surface area contributed by atoms with Crippen molar-refractivity contribution in [1.29, 1.82) is 5.26 Å². The Morgan fingerprint density at radius 3 is 2.82 bits per heavy atom. The van der Waals surface area contributed by atoms with Gasteiger partial charge in [0.2, 0.25) is 5.88 Å². The van der Waals surface area contributed by atoms with Gasteiger partial charge in [-0.15, -0.1) is 0 Å². The molecule has 0 atom stereocenters. The molecule has 0 aromatic carbocycles. The van der Waals surface area contributed by atoms with E-state index in [1.165, 1.54) is 0 Å². The van der Waals surface area contributed by atoms with Crippen LogP contribution in [0, 0.1) is 18.3 Å². The Labute approximate surface area is 107 Å². The number of ether oxygens (including phenoxy) is 1. The van der Waals surface area contributed by atoms with Crippen molar-refractivity contribution in [2.24, 2.45) is 0 Å². The van der Waals surface area contributed by atoms with E-state index >= 15 is 0 Å². The minimum absolute atomic E-state index is 0.390. The third-order valence-corrected chi connectivity index (χ3v) is 2.39. The normalized spacial score (nSPS) is 9.71. The Kier molecular flexibility index (Phi) is 3.35. The lowest BCUT2D eigenvalue weighted by molar-refractivity contribution is 0.459. The summed E-state index contributed by atoms with van der Waals surface area (Å²) in [7, 11) is 0. The molecule has 0 N–H and O–H groups in total. The predicted octanol–water partition coefficient (Wildman–Crippen LogP) is 3.21. The molecule has 2 aromatic heterocycles. The molecule has 84 valence electrons. The van der Waals surface area contributed by atoms with E-state index in [4.69, 9.17) is 10.00 Å². The molecule has 4 nitrogen and oxygen atoms in total. The lowest BCUT2D eigenvalue weighted by Gasteiger charge is -2.05. The van der Waals surface area contributed by atoms with E-state index in [0.29, 0.717) is 17.2 Å². The number of nitriles is 1. The van der Waals surface area contributed by atoms with E-state index in [-0.39, 0.29) is 0 Å². The third-order valence-electron chi connectivity index (χ3n) is 1.96. The number of rotatable bonds is 2. The Morgan fingerprint density at radius 1 is 1.29 bits per heavy atom. The summed E-state index contributed by atoms with van der Waals surface area (Å²) in [5.41, 5.74) is 1.26. The molecule has 0 unspecified atom stereocenters. The highest BCUT2D eigenvalue weighted by Crippen LogP contribution is 2.22. The van der Waals surface area contributed by atoms with Gasteiger partial charge in [-0.2, -0.15) is 5.26 Å². The van der Waals surface area contributed by atoms with E-state index in [2.05, 4.69) is 32.0 Å². The molecule has 17 heavy (non-hydrogen) atoms. The van der Waals surface area contributed by atoms with Crippen molar-refractivity contribution in [2.75, 3.05) is 0 Å². The molecule has 0 amide bonds. The zero-order valence-corrected chi connectivity index (χ0v) is 10.6. The molecule has 2 heterocycles. The van der Waals surface area contributed by atoms with Crippen molar-refractivity contribution < 1.29 is 4.74 Å². The van der Waals surface area contributed by atoms with Crippen molar-refractivity contribution in [1.82, 2.24) is 9.97 Å². The van der Waals surface area contributed by atoms with Gasteiger partial charge >= 0.3 is 0 Å². The lowest BCUT2D eigenvalue weighted by Crippen LogP contribution is -1.92. The Bertz CT molecular complexity index is 593. The molecule has 0 fully saturated rings. The van der Waals surface area contributed by atoms with Crippen molar-refractivity contribution in [3.05, 3.63) is 46.3 Å². The third kappa shape index (κ3) is 3.02. The van der Waals surface area contributed by atoms with E-state index in [1.54, 1.807) is 30.6 Å². The van der Waals surface area contributed by atoms with Crippen LogP contribution >= 0.6 is 15.9 Å². The maximum absolute atomic E-state index is 8.84. The van der Waals surface area contributed by atoms with Crippen LogP contribution in [-0.2, 0) is 0 Å². The van der Waals surface area contributed by atoms with E-state index in [9.17, 15) is 0 Å². The van der Waals surface area contributed by atoms with Gasteiger partial charge in [-0.05, 0) is 35.0 Å². The highest BCUT2D eigenvalue weighted by molar-refractivity contribution is 9.10. The molecule has 0 aliphatic heterocycles. The monoisotopic (exact) mass is 289 g/mol. The van der Waals surface area contributed by atoms with Crippen LogP contribution in [0.25, 0.3) is 0 Å². The fourth-order valence-corrected chi connectivity index (χ4v) is 1.67. The van der Waals surface area contributed by atoms with Gasteiger partial charge in [0.1, 0.15) is 5.75 Å². The zero-order valence-electron chi connectivity index (χ0n) is 9.01. The molecule has 0 saturated carbocycles. The Balaban J connectivity index is 2.30. The number of pyridine rings is 2. The first kappa shape index (κ1) is 11.6. The predicted molar refractivity (Wildman–Crippen MR) is 65.7 cm³/mol. The van der Waals surface area contributed by atoms with Gasteiger partial charge in [0.05, 0.1) is 17.8 Å². The molecule has 2 aromatic rings. The summed E-state index contributed by atoms with van der Waals surface area (Å²) in [6.45, 7) is 1.81. The summed E-state index contributed by atoms with van der Waals surface area (Å²) < 4.78 is 6.35. The van der Waals surface area contributed by atoms with E-state index in [0.717, 1.165) is 10.2 Å². The highest BCUT2D eigenvalue weighted by Gasteiger charge is 2.03. The van der Waals surface area contributed by atoms with E-state index < -0.39 is 0 Å². The molecule has 0 bridgehead atoms. The molecular formula is C12H8BrN3O. The minimum atomic E-state index is 0.390. The second kappa shape index (κ2) is 4.93. The molecule has 5 heteroatoms. The fraction of sp³-hybridized carbons (Fsp3) is 0.0833. The summed E-state index contributed by atoms with van der Waals surface area (Å²) in [6.07, 6.45) is 3.25. The van der Waals surface area contributed by atoms with Crippen LogP contribution < -0.4 is 4.74 Å². The second-order valence-corrected chi connectivity index (χ2v) is 4.30. The summed E-state index contributed by atoms with van der Waals surface area (Å²) >= 11 is 3.30. The average Bonchev–Trinajstić information content (AvgIpc) is 2.28. The Hall–Kier alpha value is -1.93. The number of aryl methyl sites for hydroxylation is 1. The first-order valence-corrected chi connectivity index (χ1v) is 5.64. The largest absolute Gasteiger partial charge is 0.437 e. The summed E-state index contributed by atoms with van der Waals surface area (Å²) in [5.74, 6) is 0.961. The maximum atomic E-state index is 8.84. The molecule has 0 spiro atoms. The van der Waals surface area contributed by atoms with Gasteiger partial charge in [-0.3, -0.25) is 4.98 Å². The molecular weight excluding hydrogens is 282 g/mol. The van der Waals surface area contributed by atoms with Gasteiger partial charge in [0.25, 0.3) is 0 Å². The summed E-state index contributed by atoms with van der Waals surface area (Å²) in [5, 5.41) is 8.84. The standard InChI is InChI=1S/C12H8BrN3O/c1-8-2-9(5-14)3-12(16-8)17-11-4-10(13)6-15-7-11/h2-4,6-7H,1H3. The molecule has 0 aliphatic rings. The summed E-state index contributed by atoms with van der Waals surface area (Å²) in [4.78, 5) is 8.17. The molecule has 2 rings (SSSR count). The minimum Gasteiger partial charge on any atom is -0.437 e. The smallest absolute Gasteiger partial charge is 0.220 e. The highest BCUT2D eigenvalue weighted by atomic mass is 79.9. The van der Waals surface area contributed by atoms with Crippen LogP contribution in [0.3, 0.4) is 0 Å². The number of hydrogen-bond donors (Lipinski definition) is 0. The van der Waals surface area contributed by atoms with Crippen LogP contribution in [0.5, 0.6) is 11.6 Å².